The Balaban J connectivity index is 1.78. The molecule has 1 amide bonds. The summed E-state index contributed by atoms with van der Waals surface area (Å²) in [6.07, 6.45) is 1.41. The highest BCUT2D eigenvalue weighted by Crippen LogP contribution is 2.30. The lowest BCUT2D eigenvalue weighted by Crippen LogP contribution is -2.27. The van der Waals surface area contributed by atoms with Crippen LogP contribution in [0.4, 0.5) is 0 Å². The molecule has 0 aromatic rings. The van der Waals surface area contributed by atoms with E-state index < -0.39 is 0 Å². The van der Waals surface area contributed by atoms with Crippen molar-refractivity contribution in [3.05, 3.63) is 22.4 Å². The van der Waals surface area contributed by atoms with E-state index in [-0.39, 0.29) is 11.9 Å². The van der Waals surface area contributed by atoms with Crippen LogP contribution in [0.15, 0.2) is 22.4 Å². The number of nitrogens with zero attached hydrogens (tertiary/aromatic N) is 1. The van der Waals surface area contributed by atoms with Crippen molar-refractivity contribution in [2.75, 3.05) is 26.2 Å². The lowest BCUT2D eigenvalue weighted by molar-refractivity contribution is -0.136. The number of hydrogen-bond acceptors (Lipinski definition) is 4. The second-order valence-corrected chi connectivity index (χ2v) is 4.99. The zero-order valence-electron chi connectivity index (χ0n) is 10.4. The summed E-state index contributed by atoms with van der Waals surface area (Å²) in [5.74, 6) is -0.115. The van der Waals surface area contributed by atoms with E-state index >= 15 is 0 Å². The van der Waals surface area contributed by atoms with Crippen molar-refractivity contribution in [3.63, 3.8) is 0 Å². The quantitative estimate of drug-likeness (QED) is 0.537. The number of nitrogens with one attached hydrogen (secondary N) is 1. The first kappa shape index (κ1) is 11.3. The molecule has 3 aliphatic heterocycles. The molecule has 0 aromatic heterocycles. The summed E-state index contributed by atoms with van der Waals surface area (Å²) in [7, 11) is 0. The first-order valence-electron chi connectivity index (χ1n) is 6.23. The minimum atomic E-state index is -0.218. The third-order valence-corrected chi connectivity index (χ3v) is 3.85. The molecule has 96 valence electrons. The van der Waals surface area contributed by atoms with Gasteiger partial charge >= 0.3 is 5.97 Å². The Kier molecular flexibility index (Phi) is 2.61. The molecule has 3 rings (SSSR count). The van der Waals surface area contributed by atoms with Crippen LogP contribution in [-0.2, 0) is 14.3 Å². The number of rotatable bonds is 1. The number of carbonyl (C=O) groups excluding carboxylic acids is 2. The molecule has 0 atom stereocenters. The number of cyclic esters (lactones) is 1. The molecule has 0 fully saturated rings. The van der Waals surface area contributed by atoms with Crippen LogP contribution in [0, 0.1) is 0 Å². The first-order valence-corrected chi connectivity index (χ1v) is 6.23. The van der Waals surface area contributed by atoms with Crippen LogP contribution < -0.4 is 5.32 Å². The van der Waals surface area contributed by atoms with Gasteiger partial charge < -0.3 is 15.0 Å². The fourth-order valence-corrected chi connectivity index (χ4v) is 2.77. The summed E-state index contributed by atoms with van der Waals surface area (Å²) in [6, 6.07) is 0. The molecule has 0 aliphatic carbocycles. The average Bonchev–Trinajstić information content (AvgIpc) is 2.81. The first-order chi connectivity index (χ1) is 8.65. The van der Waals surface area contributed by atoms with Crippen molar-refractivity contribution in [1.82, 2.24) is 10.2 Å². The lowest BCUT2D eigenvalue weighted by atomic mass is 10.1. The summed E-state index contributed by atoms with van der Waals surface area (Å²) in [6.45, 7) is 4.48. The molecular weight excluding hydrogens is 232 g/mol. The van der Waals surface area contributed by atoms with E-state index in [2.05, 4.69) is 10.2 Å². The number of hydrogen-bond donors (Lipinski definition) is 1. The molecule has 3 heterocycles. The van der Waals surface area contributed by atoms with Gasteiger partial charge in [0.25, 0.3) is 0 Å². The number of esters is 1. The minimum Gasteiger partial charge on any atom is -0.456 e. The van der Waals surface area contributed by atoms with Crippen molar-refractivity contribution >= 4 is 11.9 Å². The zero-order valence-corrected chi connectivity index (χ0v) is 10.4. The van der Waals surface area contributed by atoms with Crippen LogP contribution in [0.2, 0.25) is 0 Å². The molecule has 18 heavy (non-hydrogen) atoms. The molecule has 0 bridgehead atoms. The van der Waals surface area contributed by atoms with Gasteiger partial charge in [0, 0.05) is 26.1 Å². The van der Waals surface area contributed by atoms with Crippen molar-refractivity contribution < 1.29 is 14.3 Å². The van der Waals surface area contributed by atoms with Crippen LogP contribution in [0.1, 0.15) is 19.8 Å². The third kappa shape index (κ3) is 1.79. The average molecular weight is 248 g/mol. The second kappa shape index (κ2) is 4.15. The van der Waals surface area contributed by atoms with Crippen LogP contribution in [-0.4, -0.2) is 43.0 Å². The van der Waals surface area contributed by atoms with Gasteiger partial charge in [-0.15, -0.1) is 0 Å². The summed E-state index contributed by atoms with van der Waals surface area (Å²) in [5, 5.41) is 2.88. The summed E-state index contributed by atoms with van der Waals surface area (Å²) < 4.78 is 5.04. The SMILES string of the molecule is CC1=C(N2CC3=C(CC(=O)NCC3)C2)COC1=O. The molecule has 0 spiro atoms. The highest BCUT2D eigenvalue weighted by Gasteiger charge is 2.31. The highest BCUT2D eigenvalue weighted by atomic mass is 16.5. The summed E-state index contributed by atoms with van der Waals surface area (Å²) >= 11 is 0. The van der Waals surface area contributed by atoms with E-state index in [1.165, 1.54) is 11.1 Å². The van der Waals surface area contributed by atoms with Gasteiger partial charge in [-0.25, -0.2) is 4.79 Å². The van der Waals surface area contributed by atoms with Gasteiger partial charge in [0.1, 0.15) is 6.61 Å². The van der Waals surface area contributed by atoms with Gasteiger partial charge in [-0.2, -0.15) is 0 Å². The second-order valence-electron chi connectivity index (χ2n) is 4.99. The van der Waals surface area contributed by atoms with Crippen LogP contribution >= 0.6 is 0 Å². The monoisotopic (exact) mass is 248 g/mol. The van der Waals surface area contributed by atoms with Crippen LogP contribution in [0.3, 0.4) is 0 Å². The van der Waals surface area contributed by atoms with Crippen molar-refractivity contribution in [1.29, 1.82) is 0 Å². The molecule has 0 saturated carbocycles. The van der Waals surface area contributed by atoms with Crippen molar-refractivity contribution in [2.24, 2.45) is 0 Å². The molecule has 3 aliphatic rings. The zero-order chi connectivity index (χ0) is 12.7. The van der Waals surface area contributed by atoms with Gasteiger partial charge in [-0.05, 0) is 24.5 Å². The molecule has 0 unspecified atom stereocenters. The summed E-state index contributed by atoms with van der Waals surface area (Å²) in [4.78, 5) is 25.1. The molecule has 0 radical (unpaired) electrons. The Labute approximate surface area is 105 Å². The predicted octanol–water partition coefficient (Wildman–Crippen LogP) is 0.339. The lowest BCUT2D eigenvalue weighted by Gasteiger charge is -2.20. The smallest absolute Gasteiger partial charge is 0.335 e. The molecule has 0 aromatic carbocycles. The van der Waals surface area contributed by atoms with E-state index in [4.69, 9.17) is 4.74 Å². The third-order valence-electron chi connectivity index (χ3n) is 3.85. The van der Waals surface area contributed by atoms with Crippen molar-refractivity contribution in [2.45, 2.75) is 19.8 Å². The Morgan fingerprint density at radius 3 is 2.72 bits per heavy atom. The van der Waals surface area contributed by atoms with E-state index in [1.54, 1.807) is 6.92 Å². The molecule has 5 nitrogen and oxygen atoms in total. The van der Waals surface area contributed by atoms with E-state index in [0.29, 0.717) is 18.6 Å². The maximum atomic E-state index is 11.5. The molecular formula is C13H16N2O3. The maximum absolute atomic E-state index is 11.5. The molecule has 5 heteroatoms. The van der Waals surface area contributed by atoms with Crippen LogP contribution in [0.25, 0.3) is 0 Å². The van der Waals surface area contributed by atoms with Crippen molar-refractivity contribution in [3.8, 4) is 0 Å². The van der Waals surface area contributed by atoms with Crippen LogP contribution in [0.5, 0.6) is 0 Å². The molecule has 0 saturated heterocycles. The highest BCUT2D eigenvalue weighted by molar-refractivity contribution is 5.91. The van der Waals surface area contributed by atoms with Gasteiger partial charge in [-0.1, -0.05) is 0 Å². The van der Waals surface area contributed by atoms with E-state index in [0.717, 1.165) is 31.8 Å². The number of ether oxygens (including phenoxy) is 1. The minimum absolute atomic E-state index is 0.103. The van der Waals surface area contributed by atoms with E-state index in [9.17, 15) is 9.59 Å². The predicted molar refractivity (Wildman–Crippen MR) is 64.5 cm³/mol. The standard InChI is InChI=1S/C13H16N2O3/c1-8-11(7-18-13(8)17)15-5-9-2-3-14-12(16)4-10(9)6-15/h2-7H2,1H3,(H,14,16). The molecule has 1 N–H and O–H groups in total. The Hall–Kier alpha value is -1.78. The number of carbonyl (C=O) groups is 2. The fourth-order valence-electron chi connectivity index (χ4n) is 2.77. The van der Waals surface area contributed by atoms with Gasteiger partial charge in [0.2, 0.25) is 5.91 Å². The summed E-state index contributed by atoms with van der Waals surface area (Å²) in [5.41, 5.74) is 4.24. The number of amides is 1. The Morgan fingerprint density at radius 2 is 2.00 bits per heavy atom. The van der Waals surface area contributed by atoms with Gasteiger partial charge in [-0.3, -0.25) is 4.79 Å². The Bertz CT molecular complexity index is 490. The van der Waals surface area contributed by atoms with Gasteiger partial charge in [0.05, 0.1) is 11.3 Å². The normalized spacial score (nSPS) is 24.2. The fraction of sp³-hybridized carbons (Fsp3) is 0.538. The van der Waals surface area contributed by atoms with Gasteiger partial charge in [0.15, 0.2) is 0 Å². The van der Waals surface area contributed by atoms with E-state index in [1.807, 2.05) is 0 Å². The maximum Gasteiger partial charge on any atom is 0.335 e. The topological polar surface area (TPSA) is 58.6 Å². The largest absolute Gasteiger partial charge is 0.456 e. The Morgan fingerprint density at radius 1 is 1.22 bits per heavy atom.